The molecule has 1 atom stereocenters. The highest BCUT2D eigenvalue weighted by Crippen LogP contribution is 2.28. The standard InChI is InChI=1S/C24H33FN4O2/c1-24(2,3)21(23(31)26-17-10-11-17)27-22(30)20-18-13-16(25)9-12-19(18)29(28-20)14-15-7-5-4-6-8-15/h9,12-13,15,17,21H,4-8,10-11,14H2,1-3H3,(H,26,31)(H,27,30)/t21-/m1/s1. The van der Waals surface area contributed by atoms with Crippen LogP contribution in [0.3, 0.4) is 0 Å². The van der Waals surface area contributed by atoms with E-state index in [9.17, 15) is 14.0 Å². The first-order valence-corrected chi connectivity index (χ1v) is 11.5. The highest BCUT2D eigenvalue weighted by molar-refractivity contribution is 6.06. The van der Waals surface area contributed by atoms with Gasteiger partial charge in [0.2, 0.25) is 5.91 Å². The van der Waals surface area contributed by atoms with Crippen LogP contribution in [0.1, 0.15) is 76.2 Å². The summed E-state index contributed by atoms with van der Waals surface area (Å²) >= 11 is 0. The Morgan fingerprint density at radius 2 is 1.87 bits per heavy atom. The van der Waals surface area contributed by atoms with Gasteiger partial charge in [0, 0.05) is 18.0 Å². The van der Waals surface area contributed by atoms with Gasteiger partial charge >= 0.3 is 0 Å². The molecule has 31 heavy (non-hydrogen) atoms. The van der Waals surface area contributed by atoms with E-state index in [0.29, 0.717) is 11.3 Å². The number of hydrogen-bond donors (Lipinski definition) is 2. The molecule has 2 amide bonds. The van der Waals surface area contributed by atoms with E-state index < -0.39 is 23.2 Å². The Morgan fingerprint density at radius 3 is 2.52 bits per heavy atom. The average Bonchev–Trinajstić information content (AvgIpc) is 3.46. The summed E-state index contributed by atoms with van der Waals surface area (Å²) in [6, 6.07) is 3.97. The van der Waals surface area contributed by atoms with E-state index in [1.165, 1.54) is 31.4 Å². The molecule has 2 aliphatic rings. The summed E-state index contributed by atoms with van der Waals surface area (Å²) in [5.41, 5.74) is 0.464. The Morgan fingerprint density at radius 1 is 1.16 bits per heavy atom. The minimum atomic E-state index is -0.701. The first-order chi connectivity index (χ1) is 14.7. The minimum absolute atomic E-state index is 0.179. The van der Waals surface area contributed by atoms with E-state index in [1.54, 1.807) is 6.07 Å². The molecule has 7 heteroatoms. The van der Waals surface area contributed by atoms with Crippen LogP contribution in [0.5, 0.6) is 0 Å². The van der Waals surface area contributed by atoms with Crippen LogP contribution < -0.4 is 10.6 Å². The number of benzene rings is 1. The Balaban J connectivity index is 1.61. The van der Waals surface area contributed by atoms with E-state index >= 15 is 0 Å². The van der Waals surface area contributed by atoms with Gasteiger partial charge in [0.1, 0.15) is 11.9 Å². The quantitative estimate of drug-likeness (QED) is 0.725. The van der Waals surface area contributed by atoms with Crippen molar-refractivity contribution in [3.05, 3.63) is 29.7 Å². The third-order valence-electron chi connectivity index (χ3n) is 6.41. The molecule has 2 aliphatic carbocycles. The van der Waals surface area contributed by atoms with E-state index in [4.69, 9.17) is 0 Å². The molecule has 2 aromatic rings. The van der Waals surface area contributed by atoms with Crippen molar-refractivity contribution >= 4 is 22.7 Å². The van der Waals surface area contributed by atoms with Crippen LogP contribution in [0, 0.1) is 17.2 Å². The van der Waals surface area contributed by atoms with Gasteiger partial charge in [-0.1, -0.05) is 40.0 Å². The topological polar surface area (TPSA) is 76.0 Å². The first kappa shape index (κ1) is 21.8. The second-order valence-corrected chi connectivity index (χ2v) is 10.3. The maximum atomic E-state index is 14.0. The molecule has 2 saturated carbocycles. The van der Waals surface area contributed by atoms with E-state index in [-0.39, 0.29) is 17.6 Å². The van der Waals surface area contributed by atoms with Crippen LogP contribution in [-0.4, -0.2) is 33.7 Å². The zero-order chi connectivity index (χ0) is 22.2. The van der Waals surface area contributed by atoms with Crippen LogP contribution in [0.4, 0.5) is 4.39 Å². The fourth-order valence-corrected chi connectivity index (χ4v) is 4.46. The molecule has 4 rings (SSSR count). The second-order valence-electron chi connectivity index (χ2n) is 10.3. The molecule has 1 heterocycles. The van der Waals surface area contributed by atoms with Crippen molar-refractivity contribution in [2.45, 2.75) is 84.3 Å². The van der Waals surface area contributed by atoms with Gasteiger partial charge in [0.25, 0.3) is 5.91 Å². The monoisotopic (exact) mass is 428 g/mol. The fraction of sp³-hybridized carbons (Fsp3) is 0.625. The maximum Gasteiger partial charge on any atom is 0.273 e. The Hall–Kier alpha value is -2.44. The summed E-state index contributed by atoms with van der Waals surface area (Å²) in [7, 11) is 0. The number of carbonyl (C=O) groups is 2. The zero-order valence-corrected chi connectivity index (χ0v) is 18.7. The average molecular weight is 429 g/mol. The van der Waals surface area contributed by atoms with Crippen LogP contribution in [0.25, 0.3) is 10.9 Å². The largest absolute Gasteiger partial charge is 0.352 e. The number of rotatable bonds is 6. The molecule has 168 valence electrons. The van der Waals surface area contributed by atoms with Crippen molar-refractivity contribution in [1.29, 1.82) is 0 Å². The normalized spacial score (nSPS) is 18.7. The highest BCUT2D eigenvalue weighted by atomic mass is 19.1. The lowest BCUT2D eigenvalue weighted by Crippen LogP contribution is -2.54. The van der Waals surface area contributed by atoms with Gasteiger partial charge in [-0.2, -0.15) is 5.10 Å². The van der Waals surface area contributed by atoms with Crippen molar-refractivity contribution in [2.24, 2.45) is 11.3 Å². The van der Waals surface area contributed by atoms with E-state index in [0.717, 1.165) is 37.7 Å². The number of nitrogens with zero attached hydrogens (tertiary/aromatic N) is 2. The molecule has 0 aliphatic heterocycles. The molecule has 0 unspecified atom stereocenters. The number of halogens is 1. The van der Waals surface area contributed by atoms with Gasteiger partial charge in [-0.05, 0) is 55.2 Å². The van der Waals surface area contributed by atoms with Gasteiger partial charge in [0.15, 0.2) is 5.69 Å². The predicted octanol–water partition coefficient (Wildman–Crippen LogP) is 4.18. The van der Waals surface area contributed by atoms with Crippen LogP contribution >= 0.6 is 0 Å². The van der Waals surface area contributed by atoms with Gasteiger partial charge in [0.05, 0.1) is 5.52 Å². The van der Waals surface area contributed by atoms with Crippen LogP contribution in [0.15, 0.2) is 18.2 Å². The number of aromatic nitrogens is 2. The van der Waals surface area contributed by atoms with Crippen molar-refractivity contribution in [3.63, 3.8) is 0 Å². The van der Waals surface area contributed by atoms with Gasteiger partial charge in [-0.15, -0.1) is 0 Å². The van der Waals surface area contributed by atoms with Crippen molar-refractivity contribution in [1.82, 2.24) is 20.4 Å². The molecule has 1 aromatic heterocycles. The molecule has 6 nitrogen and oxygen atoms in total. The Kier molecular flexibility index (Phi) is 6.04. The zero-order valence-electron chi connectivity index (χ0n) is 18.7. The van der Waals surface area contributed by atoms with Crippen molar-refractivity contribution in [2.75, 3.05) is 0 Å². The second kappa shape index (κ2) is 8.60. The summed E-state index contributed by atoms with van der Waals surface area (Å²) in [6.45, 7) is 6.48. The molecule has 2 fully saturated rings. The SMILES string of the molecule is CC(C)(C)[C@H](NC(=O)c1nn(CC2CCCCC2)c2ccc(F)cc12)C(=O)NC1CC1. The molecule has 0 bridgehead atoms. The number of amides is 2. The van der Waals surface area contributed by atoms with E-state index in [2.05, 4.69) is 15.7 Å². The summed E-state index contributed by atoms with van der Waals surface area (Å²) in [5, 5.41) is 11.0. The first-order valence-electron chi connectivity index (χ1n) is 11.5. The minimum Gasteiger partial charge on any atom is -0.352 e. The maximum absolute atomic E-state index is 14.0. The molecule has 0 spiro atoms. The number of carbonyl (C=O) groups excluding carboxylic acids is 2. The number of nitrogens with one attached hydrogen (secondary N) is 2. The molecular formula is C24H33FN4O2. The molecule has 0 radical (unpaired) electrons. The van der Waals surface area contributed by atoms with Gasteiger partial charge in [-0.25, -0.2) is 4.39 Å². The molecular weight excluding hydrogens is 395 g/mol. The summed E-state index contributed by atoms with van der Waals surface area (Å²) in [5.74, 6) is -0.508. The summed E-state index contributed by atoms with van der Waals surface area (Å²) < 4.78 is 15.9. The lowest BCUT2D eigenvalue weighted by atomic mass is 9.86. The molecule has 1 aromatic carbocycles. The van der Waals surface area contributed by atoms with E-state index in [1.807, 2.05) is 25.5 Å². The lowest BCUT2D eigenvalue weighted by Gasteiger charge is -2.30. The molecule has 0 saturated heterocycles. The van der Waals surface area contributed by atoms with Crippen molar-refractivity contribution in [3.8, 4) is 0 Å². The van der Waals surface area contributed by atoms with Crippen LogP contribution in [-0.2, 0) is 11.3 Å². The lowest BCUT2D eigenvalue weighted by molar-refractivity contribution is -0.125. The Bertz CT molecular complexity index is 968. The molecule has 2 N–H and O–H groups in total. The van der Waals surface area contributed by atoms with Crippen LogP contribution in [0.2, 0.25) is 0 Å². The third-order valence-corrected chi connectivity index (χ3v) is 6.41. The van der Waals surface area contributed by atoms with Gasteiger partial charge < -0.3 is 10.6 Å². The van der Waals surface area contributed by atoms with Crippen molar-refractivity contribution < 1.29 is 14.0 Å². The number of fused-ring (bicyclic) bond motifs is 1. The predicted molar refractivity (Wildman–Crippen MR) is 118 cm³/mol. The smallest absolute Gasteiger partial charge is 0.273 e. The summed E-state index contributed by atoms with van der Waals surface area (Å²) in [4.78, 5) is 26.0. The van der Waals surface area contributed by atoms with Gasteiger partial charge in [-0.3, -0.25) is 14.3 Å². The third kappa shape index (κ3) is 5.08. The fourth-order valence-electron chi connectivity index (χ4n) is 4.46. The highest BCUT2D eigenvalue weighted by Gasteiger charge is 2.36. The summed E-state index contributed by atoms with van der Waals surface area (Å²) in [6.07, 6.45) is 7.96. The Labute approximate surface area is 183 Å². The number of hydrogen-bond acceptors (Lipinski definition) is 3.